The van der Waals surface area contributed by atoms with Gasteiger partial charge in [0.2, 0.25) is 0 Å². The van der Waals surface area contributed by atoms with Gasteiger partial charge in [-0.3, -0.25) is 4.79 Å². The van der Waals surface area contributed by atoms with E-state index in [-0.39, 0.29) is 0 Å². The van der Waals surface area contributed by atoms with Crippen molar-refractivity contribution in [3.63, 3.8) is 0 Å². The van der Waals surface area contributed by atoms with Gasteiger partial charge in [-0.15, -0.1) is 0 Å². The number of nitrogens with one attached hydrogen (secondary N) is 1. The molecule has 0 radical (unpaired) electrons. The molecule has 0 saturated heterocycles. The number of halogens is 7. The van der Waals surface area contributed by atoms with E-state index in [9.17, 15) is 35.5 Å². The number of carbonyl (C=O) groups is 1. The van der Waals surface area contributed by atoms with E-state index in [1.807, 2.05) is 0 Å². The van der Waals surface area contributed by atoms with Crippen LogP contribution in [-0.4, -0.2) is 28.9 Å². The Morgan fingerprint density at radius 3 is 2.05 bits per heavy atom. The number of nitrogens with zero attached hydrogens (tertiary/aromatic N) is 1. The molecule has 1 N–H and O–H groups in total. The first-order valence-corrected chi connectivity index (χ1v) is 4.55. The minimum Gasteiger partial charge on any atom is -0.305 e. The van der Waals surface area contributed by atoms with Crippen LogP contribution in [0.5, 0.6) is 0 Å². The summed E-state index contributed by atoms with van der Waals surface area (Å²) in [6.07, 6.45) is -5.53. The molecule has 1 rings (SSSR count). The summed E-state index contributed by atoms with van der Waals surface area (Å²) in [5, 5.41) is 1.18. The highest BCUT2D eigenvalue weighted by Crippen LogP contribution is 2.46. The molecular formula is C9H5F7N2O. The van der Waals surface area contributed by atoms with Gasteiger partial charge in [-0.2, -0.15) is 30.7 Å². The second kappa shape index (κ2) is 4.67. The lowest BCUT2D eigenvalue weighted by molar-refractivity contribution is -0.343. The van der Waals surface area contributed by atoms with Crippen LogP contribution in [0.15, 0.2) is 24.4 Å². The molecule has 0 aromatic carbocycles. The average Bonchev–Trinajstić information content (AvgIpc) is 2.28. The largest absolute Gasteiger partial charge is 0.460 e. The molecule has 106 valence electrons. The van der Waals surface area contributed by atoms with Crippen molar-refractivity contribution in [1.82, 2.24) is 4.98 Å². The van der Waals surface area contributed by atoms with Crippen LogP contribution in [0, 0.1) is 0 Å². The zero-order chi connectivity index (χ0) is 14.9. The molecule has 19 heavy (non-hydrogen) atoms. The maximum Gasteiger partial charge on any atom is 0.460 e. The van der Waals surface area contributed by atoms with E-state index in [1.54, 1.807) is 0 Å². The Kier molecular flexibility index (Phi) is 3.73. The molecule has 1 amide bonds. The maximum absolute atomic E-state index is 12.9. The molecule has 10 heteroatoms. The van der Waals surface area contributed by atoms with E-state index in [4.69, 9.17) is 0 Å². The van der Waals surface area contributed by atoms with Gasteiger partial charge in [0.1, 0.15) is 5.82 Å². The number of hydrogen-bond donors (Lipinski definition) is 1. The summed E-state index contributed by atoms with van der Waals surface area (Å²) in [6, 6.07) is 3.47. The van der Waals surface area contributed by atoms with Crippen LogP contribution < -0.4 is 5.32 Å². The predicted octanol–water partition coefficient (Wildman–Crippen LogP) is 2.85. The SMILES string of the molecule is O=C(Nc1ccccn1)C(F)(F)C(F)(F)C(F)(F)F. The molecule has 0 aliphatic heterocycles. The van der Waals surface area contributed by atoms with Crippen molar-refractivity contribution in [3.05, 3.63) is 24.4 Å². The molecule has 0 bridgehead atoms. The lowest BCUT2D eigenvalue weighted by Crippen LogP contribution is -2.57. The molecule has 0 fully saturated rings. The highest BCUT2D eigenvalue weighted by molar-refractivity contribution is 5.96. The third-order valence-corrected chi connectivity index (χ3v) is 1.94. The van der Waals surface area contributed by atoms with Gasteiger partial charge in [-0.05, 0) is 12.1 Å². The fourth-order valence-corrected chi connectivity index (χ4v) is 0.952. The fourth-order valence-electron chi connectivity index (χ4n) is 0.952. The highest BCUT2D eigenvalue weighted by Gasteiger charge is 2.76. The van der Waals surface area contributed by atoms with Crippen molar-refractivity contribution in [1.29, 1.82) is 0 Å². The van der Waals surface area contributed by atoms with Gasteiger partial charge in [0, 0.05) is 6.20 Å². The summed E-state index contributed by atoms with van der Waals surface area (Å²) in [4.78, 5) is 14.1. The Morgan fingerprint density at radius 1 is 1.05 bits per heavy atom. The first-order chi connectivity index (χ1) is 8.50. The van der Waals surface area contributed by atoms with Gasteiger partial charge in [0.25, 0.3) is 0 Å². The summed E-state index contributed by atoms with van der Waals surface area (Å²) in [7, 11) is 0. The Balaban J connectivity index is 2.98. The fraction of sp³-hybridized carbons (Fsp3) is 0.333. The summed E-state index contributed by atoms with van der Waals surface area (Å²) in [5.74, 6) is -15.8. The van der Waals surface area contributed by atoms with Gasteiger partial charge >= 0.3 is 23.9 Å². The molecule has 1 aromatic heterocycles. The third-order valence-electron chi connectivity index (χ3n) is 1.94. The first-order valence-electron chi connectivity index (χ1n) is 4.55. The second-order valence-electron chi connectivity index (χ2n) is 3.32. The standard InChI is InChI=1S/C9H5F7N2O/c10-7(11,8(12,13)9(14,15)16)6(19)18-5-3-1-2-4-17-5/h1-4H,(H,17,18,19). The number of aromatic nitrogens is 1. The van der Waals surface area contributed by atoms with Crippen molar-refractivity contribution in [2.45, 2.75) is 18.0 Å². The third kappa shape index (κ3) is 2.76. The Labute approximate surface area is 101 Å². The number of anilines is 1. The van der Waals surface area contributed by atoms with Crippen LogP contribution in [0.4, 0.5) is 36.6 Å². The van der Waals surface area contributed by atoms with E-state index < -0.39 is 29.7 Å². The van der Waals surface area contributed by atoms with Gasteiger partial charge in [0.15, 0.2) is 0 Å². The molecule has 0 aliphatic rings. The first kappa shape index (κ1) is 15.2. The van der Waals surface area contributed by atoms with Crippen LogP contribution in [-0.2, 0) is 4.79 Å². The van der Waals surface area contributed by atoms with E-state index >= 15 is 0 Å². The van der Waals surface area contributed by atoms with Crippen LogP contribution in [0.2, 0.25) is 0 Å². The molecule has 0 unspecified atom stereocenters. The van der Waals surface area contributed by atoms with E-state index in [1.165, 1.54) is 17.4 Å². The Bertz CT molecular complexity index is 457. The van der Waals surface area contributed by atoms with Crippen molar-refractivity contribution < 1.29 is 35.5 Å². The number of rotatable bonds is 3. The lowest BCUT2D eigenvalue weighted by atomic mass is 10.1. The van der Waals surface area contributed by atoms with E-state index in [0.717, 1.165) is 12.3 Å². The van der Waals surface area contributed by atoms with Gasteiger partial charge < -0.3 is 5.32 Å². The average molecular weight is 290 g/mol. The minimum atomic E-state index is -6.56. The van der Waals surface area contributed by atoms with Crippen LogP contribution in [0.3, 0.4) is 0 Å². The molecule has 3 nitrogen and oxygen atoms in total. The molecule has 0 aliphatic carbocycles. The molecular weight excluding hydrogens is 285 g/mol. The number of carbonyl (C=O) groups excluding carboxylic acids is 1. The molecule has 1 aromatic rings. The van der Waals surface area contributed by atoms with Crippen molar-refractivity contribution >= 4 is 11.7 Å². The lowest BCUT2D eigenvalue weighted by Gasteiger charge is -2.26. The number of amides is 1. The second-order valence-corrected chi connectivity index (χ2v) is 3.32. The predicted molar refractivity (Wildman–Crippen MR) is 48.8 cm³/mol. The number of alkyl halides is 7. The van der Waals surface area contributed by atoms with Gasteiger partial charge in [-0.25, -0.2) is 4.98 Å². The normalized spacial score (nSPS) is 13.2. The smallest absolute Gasteiger partial charge is 0.305 e. The zero-order valence-electron chi connectivity index (χ0n) is 8.81. The highest BCUT2D eigenvalue weighted by atomic mass is 19.4. The maximum atomic E-state index is 12.9. The summed E-state index contributed by atoms with van der Waals surface area (Å²) in [5.41, 5.74) is 0. The molecule has 0 spiro atoms. The van der Waals surface area contributed by atoms with Crippen molar-refractivity contribution in [3.8, 4) is 0 Å². The quantitative estimate of drug-likeness (QED) is 0.870. The summed E-state index contributed by atoms with van der Waals surface area (Å²) in [6.45, 7) is 0. The van der Waals surface area contributed by atoms with Gasteiger partial charge in [-0.1, -0.05) is 6.07 Å². The Morgan fingerprint density at radius 2 is 1.63 bits per heavy atom. The zero-order valence-corrected chi connectivity index (χ0v) is 8.81. The topological polar surface area (TPSA) is 42.0 Å². The number of hydrogen-bond acceptors (Lipinski definition) is 2. The van der Waals surface area contributed by atoms with Crippen LogP contribution >= 0.6 is 0 Å². The Hall–Kier alpha value is -1.87. The van der Waals surface area contributed by atoms with E-state index in [2.05, 4.69) is 4.98 Å². The molecule has 0 atom stereocenters. The molecule has 1 heterocycles. The van der Waals surface area contributed by atoms with E-state index in [0.29, 0.717) is 0 Å². The van der Waals surface area contributed by atoms with Crippen LogP contribution in [0.1, 0.15) is 0 Å². The minimum absolute atomic E-state index is 0.579. The monoisotopic (exact) mass is 290 g/mol. The van der Waals surface area contributed by atoms with Crippen LogP contribution in [0.25, 0.3) is 0 Å². The van der Waals surface area contributed by atoms with Crippen molar-refractivity contribution in [2.75, 3.05) is 5.32 Å². The summed E-state index contributed by atoms with van der Waals surface area (Å²) >= 11 is 0. The molecule has 0 saturated carbocycles. The number of pyridine rings is 1. The van der Waals surface area contributed by atoms with Crippen molar-refractivity contribution in [2.24, 2.45) is 0 Å². The van der Waals surface area contributed by atoms with Gasteiger partial charge in [0.05, 0.1) is 0 Å². The summed E-state index contributed by atoms with van der Waals surface area (Å²) < 4.78 is 86.2.